The number of aryl methyl sites for hydroxylation is 1. The van der Waals surface area contributed by atoms with Crippen LogP contribution in [-0.2, 0) is 6.42 Å². The highest BCUT2D eigenvalue weighted by atomic mass is 79.9. The van der Waals surface area contributed by atoms with Crippen molar-refractivity contribution in [1.29, 1.82) is 0 Å². The van der Waals surface area contributed by atoms with E-state index in [1.807, 2.05) is 37.3 Å². The highest BCUT2D eigenvalue weighted by Gasteiger charge is 2.15. The highest BCUT2D eigenvalue weighted by Crippen LogP contribution is 2.33. The van der Waals surface area contributed by atoms with Gasteiger partial charge in [0.25, 0.3) is 0 Å². The van der Waals surface area contributed by atoms with Crippen molar-refractivity contribution in [2.45, 2.75) is 19.4 Å². The van der Waals surface area contributed by atoms with Gasteiger partial charge in [0, 0.05) is 11.3 Å². The molecule has 0 bridgehead atoms. The number of hydrogen-bond donors (Lipinski definition) is 1. The van der Waals surface area contributed by atoms with Crippen LogP contribution in [-0.4, -0.2) is 12.2 Å². The summed E-state index contributed by atoms with van der Waals surface area (Å²) >= 11 is 5.06. The summed E-state index contributed by atoms with van der Waals surface area (Å²) in [5, 5.41) is 10.3. The van der Waals surface area contributed by atoms with E-state index in [4.69, 9.17) is 4.74 Å². The second-order valence-corrected chi connectivity index (χ2v) is 6.54. The summed E-state index contributed by atoms with van der Waals surface area (Å²) in [5.41, 5.74) is 2.18. The summed E-state index contributed by atoms with van der Waals surface area (Å²) in [4.78, 5) is 0.977. The molecule has 0 fully saturated rings. The van der Waals surface area contributed by atoms with Gasteiger partial charge < -0.3 is 9.84 Å². The first kappa shape index (κ1) is 13.6. The van der Waals surface area contributed by atoms with Crippen LogP contribution in [0, 0.1) is 6.92 Å². The summed E-state index contributed by atoms with van der Waals surface area (Å²) in [6.07, 6.45) is 0.0763. The Hall–Kier alpha value is -0.840. The molecule has 0 aliphatic carbocycles. The molecule has 18 heavy (non-hydrogen) atoms. The monoisotopic (exact) mass is 326 g/mol. The lowest BCUT2D eigenvalue weighted by Gasteiger charge is -2.11. The molecule has 0 amide bonds. The third-order valence-electron chi connectivity index (χ3n) is 2.81. The van der Waals surface area contributed by atoms with Crippen molar-refractivity contribution in [3.8, 4) is 5.75 Å². The zero-order chi connectivity index (χ0) is 13.1. The van der Waals surface area contributed by atoms with Crippen molar-refractivity contribution in [2.24, 2.45) is 0 Å². The lowest BCUT2D eigenvalue weighted by Crippen LogP contribution is -2.01. The number of rotatable bonds is 4. The van der Waals surface area contributed by atoms with Crippen LogP contribution in [0.5, 0.6) is 5.75 Å². The molecule has 0 aliphatic rings. The van der Waals surface area contributed by atoms with Crippen molar-refractivity contribution in [3.63, 3.8) is 0 Å². The van der Waals surface area contributed by atoms with Crippen molar-refractivity contribution in [1.82, 2.24) is 0 Å². The van der Waals surface area contributed by atoms with Gasteiger partial charge >= 0.3 is 0 Å². The minimum atomic E-state index is -0.490. The lowest BCUT2D eigenvalue weighted by atomic mass is 10.1. The van der Waals surface area contributed by atoms with E-state index >= 15 is 0 Å². The fourth-order valence-electron chi connectivity index (χ4n) is 1.83. The molecular formula is C14H15BrO2S. The number of hydrogen-bond acceptors (Lipinski definition) is 3. The molecule has 1 aromatic carbocycles. The zero-order valence-corrected chi connectivity index (χ0v) is 12.7. The lowest BCUT2D eigenvalue weighted by molar-refractivity contribution is 0.181. The van der Waals surface area contributed by atoms with Crippen LogP contribution in [0.3, 0.4) is 0 Å². The van der Waals surface area contributed by atoms with Crippen LogP contribution in [0.4, 0.5) is 0 Å². The van der Waals surface area contributed by atoms with E-state index in [1.54, 1.807) is 18.4 Å². The van der Waals surface area contributed by atoms with Gasteiger partial charge in [-0.15, -0.1) is 11.3 Å². The Kier molecular flexibility index (Phi) is 4.43. The summed E-state index contributed by atoms with van der Waals surface area (Å²) in [6.45, 7) is 2.03. The second kappa shape index (κ2) is 5.87. The van der Waals surface area contributed by atoms with Crippen LogP contribution in [0.15, 0.2) is 34.1 Å². The van der Waals surface area contributed by atoms with Crippen LogP contribution < -0.4 is 4.74 Å². The number of aliphatic hydroxyl groups is 1. The number of para-hydroxylation sites is 1. The van der Waals surface area contributed by atoms with Gasteiger partial charge in [-0.25, -0.2) is 0 Å². The summed E-state index contributed by atoms with van der Waals surface area (Å²) in [7, 11) is 1.65. The van der Waals surface area contributed by atoms with Crippen molar-refractivity contribution in [3.05, 3.63) is 50.1 Å². The third-order valence-corrected chi connectivity index (χ3v) is 5.05. The van der Waals surface area contributed by atoms with Gasteiger partial charge in [-0.1, -0.05) is 18.2 Å². The van der Waals surface area contributed by atoms with E-state index in [0.717, 1.165) is 25.5 Å². The molecule has 96 valence electrons. The van der Waals surface area contributed by atoms with Gasteiger partial charge in [0.1, 0.15) is 5.75 Å². The highest BCUT2D eigenvalue weighted by molar-refractivity contribution is 9.11. The maximum absolute atomic E-state index is 10.3. The van der Waals surface area contributed by atoms with E-state index in [2.05, 4.69) is 15.9 Å². The predicted molar refractivity (Wildman–Crippen MR) is 78.4 cm³/mol. The minimum Gasteiger partial charge on any atom is -0.496 e. The molecule has 1 heterocycles. The zero-order valence-electron chi connectivity index (χ0n) is 10.3. The summed E-state index contributed by atoms with van der Waals surface area (Å²) in [6, 6.07) is 9.81. The Morgan fingerprint density at radius 2 is 2.11 bits per heavy atom. The molecule has 1 atom stereocenters. The SMILES string of the molecule is COc1ccccc1CC(O)c1cc(C)c(Br)s1. The first-order valence-electron chi connectivity index (χ1n) is 5.67. The average Bonchev–Trinajstić information content (AvgIpc) is 2.70. The molecule has 0 aliphatic heterocycles. The Morgan fingerprint density at radius 1 is 1.39 bits per heavy atom. The molecule has 2 rings (SSSR count). The van der Waals surface area contributed by atoms with Gasteiger partial charge in [-0.05, 0) is 46.1 Å². The minimum absolute atomic E-state index is 0.490. The van der Waals surface area contributed by atoms with Gasteiger partial charge in [0.15, 0.2) is 0 Å². The van der Waals surface area contributed by atoms with Gasteiger partial charge in [0.2, 0.25) is 0 Å². The summed E-state index contributed by atoms with van der Waals surface area (Å²) < 4.78 is 6.37. The number of halogens is 1. The van der Waals surface area contributed by atoms with Gasteiger partial charge in [-0.3, -0.25) is 0 Å². The van der Waals surface area contributed by atoms with Crippen LogP contribution in [0.25, 0.3) is 0 Å². The average molecular weight is 327 g/mol. The van der Waals surface area contributed by atoms with E-state index in [-0.39, 0.29) is 0 Å². The Morgan fingerprint density at radius 3 is 2.72 bits per heavy atom. The topological polar surface area (TPSA) is 29.5 Å². The normalized spacial score (nSPS) is 12.4. The number of benzene rings is 1. The van der Waals surface area contributed by atoms with E-state index in [9.17, 15) is 5.11 Å². The maximum atomic E-state index is 10.3. The molecule has 2 aromatic rings. The van der Waals surface area contributed by atoms with Crippen LogP contribution >= 0.6 is 27.3 Å². The largest absolute Gasteiger partial charge is 0.496 e. The fraction of sp³-hybridized carbons (Fsp3) is 0.286. The second-order valence-electron chi connectivity index (χ2n) is 4.14. The molecule has 4 heteroatoms. The van der Waals surface area contributed by atoms with Crippen molar-refractivity contribution in [2.75, 3.05) is 7.11 Å². The molecule has 0 spiro atoms. The van der Waals surface area contributed by atoms with Crippen molar-refractivity contribution >= 4 is 27.3 Å². The van der Waals surface area contributed by atoms with E-state index < -0.39 is 6.10 Å². The Bertz CT molecular complexity index is 517. The molecule has 0 saturated carbocycles. The van der Waals surface area contributed by atoms with Crippen molar-refractivity contribution < 1.29 is 9.84 Å². The Balaban J connectivity index is 2.18. The predicted octanol–water partition coefficient (Wildman–Crippen LogP) is 4.10. The molecular weight excluding hydrogens is 312 g/mol. The van der Waals surface area contributed by atoms with E-state index in [1.165, 1.54) is 0 Å². The summed E-state index contributed by atoms with van der Waals surface area (Å²) in [5.74, 6) is 0.823. The molecule has 1 N–H and O–H groups in total. The standard InChI is InChI=1S/C14H15BrO2S/c1-9-7-13(18-14(9)15)11(16)8-10-5-3-4-6-12(10)17-2/h3-7,11,16H,8H2,1-2H3. The quantitative estimate of drug-likeness (QED) is 0.916. The first-order valence-corrected chi connectivity index (χ1v) is 7.28. The maximum Gasteiger partial charge on any atom is 0.122 e. The number of thiophene rings is 1. The molecule has 0 radical (unpaired) electrons. The number of aliphatic hydroxyl groups excluding tert-OH is 1. The first-order chi connectivity index (χ1) is 8.61. The Labute approximate surface area is 119 Å². The van der Waals surface area contributed by atoms with E-state index in [0.29, 0.717) is 6.42 Å². The van der Waals surface area contributed by atoms with Crippen LogP contribution in [0.2, 0.25) is 0 Å². The van der Waals surface area contributed by atoms with Gasteiger partial charge in [-0.2, -0.15) is 0 Å². The molecule has 2 nitrogen and oxygen atoms in total. The third kappa shape index (κ3) is 2.94. The smallest absolute Gasteiger partial charge is 0.122 e. The number of methoxy groups -OCH3 is 1. The number of ether oxygens (including phenoxy) is 1. The van der Waals surface area contributed by atoms with Crippen LogP contribution in [0.1, 0.15) is 22.1 Å². The fourth-order valence-corrected chi connectivity index (χ4v) is 3.39. The molecule has 1 aromatic heterocycles. The van der Waals surface area contributed by atoms with Gasteiger partial charge in [0.05, 0.1) is 17.0 Å². The molecule has 1 unspecified atom stereocenters. The molecule has 0 saturated heterocycles.